The van der Waals surface area contributed by atoms with Crippen LogP contribution in [0.3, 0.4) is 0 Å². The Morgan fingerprint density at radius 1 is 1.06 bits per heavy atom. The van der Waals surface area contributed by atoms with Crippen LogP contribution in [-0.2, 0) is 25.0 Å². The molecule has 1 aromatic heterocycles. The van der Waals surface area contributed by atoms with Gasteiger partial charge >= 0.3 is 5.97 Å². The molecule has 0 aliphatic heterocycles. The first-order valence-electron chi connectivity index (χ1n) is 11.0. The van der Waals surface area contributed by atoms with E-state index in [9.17, 15) is 23.1 Å². The first-order chi connectivity index (χ1) is 16.6. The number of thiophene rings is 1. The Labute approximate surface area is 213 Å². The third-order valence-electron chi connectivity index (χ3n) is 6.39. The van der Waals surface area contributed by atoms with E-state index in [1.807, 2.05) is 30.3 Å². The Morgan fingerprint density at radius 2 is 1.74 bits per heavy atom. The minimum atomic E-state index is -4.13. The number of sulfonamides is 1. The molecule has 0 radical (unpaired) electrons. The molecule has 7 nitrogen and oxygen atoms in total. The summed E-state index contributed by atoms with van der Waals surface area (Å²) >= 11 is 7.01. The lowest BCUT2D eigenvalue weighted by atomic mass is 9.86. The van der Waals surface area contributed by atoms with Crippen LogP contribution in [0.15, 0.2) is 70.9 Å². The number of carbonyl (C=O) groups excluding carboxylic acids is 1. The van der Waals surface area contributed by atoms with Crippen molar-refractivity contribution < 1.29 is 23.1 Å². The van der Waals surface area contributed by atoms with Gasteiger partial charge in [0.2, 0.25) is 5.91 Å². The monoisotopic (exact) mass is 532 g/mol. The van der Waals surface area contributed by atoms with Gasteiger partial charge in [0.25, 0.3) is 10.0 Å². The Morgan fingerprint density at radius 3 is 2.37 bits per heavy atom. The molecule has 1 aliphatic carbocycles. The van der Waals surface area contributed by atoms with Gasteiger partial charge < -0.3 is 10.4 Å². The van der Waals surface area contributed by atoms with Crippen LogP contribution in [0.2, 0.25) is 5.02 Å². The summed E-state index contributed by atoms with van der Waals surface area (Å²) in [5.41, 5.74) is -1.05. The van der Waals surface area contributed by atoms with E-state index in [4.69, 9.17) is 11.6 Å². The fourth-order valence-electron chi connectivity index (χ4n) is 4.59. The smallest absolute Gasteiger partial charge is 0.325 e. The van der Waals surface area contributed by atoms with E-state index >= 15 is 0 Å². The van der Waals surface area contributed by atoms with E-state index in [-0.39, 0.29) is 16.5 Å². The molecule has 2 atom stereocenters. The van der Waals surface area contributed by atoms with Gasteiger partial charge in [-0.05, 0) is 54.7 Å². The number of hydrogen-bond acceptors (Lipinski definition) is 5. The molecule has 184 valence electrons. The molecule has 0 saturated heterocycles. The zero-order chi connectivity index (χ0) is 25.3. The summed E-state index contributed by atoms with van der Waals surface area (Å²) in [5.74, 6) is -1.40. The van der Waals surface area contributed by atoms with Crippen molar-refractivity contribution in [2.75, 3.05) is 6.54 Å². The predicted octanol–water partition coefficient (Wildman–Crippen LogP) is 4.43. The summed E-state index contributed by atoms with van der Waals surface area (Å²) in [4.78, 5) is 24.6. The minimum absolute atomic E-state index is 0.0372. The van der Waals surface area contributed by atoms with E-state index in [1.54, 1.807) is 30.3 Å². The first kappa shape index (κ1) is 25.4. The molecule has 1 unspecified atom stereocenters. The second-order valence-electron chi connectivity index (χ2n) is 8.65. The highest BCUT2D eigenvalue weighted by atomic mass is 35.5. The zero-order valence-corrected chi connectivity index (χ0v) is 21.3. The summed E-state index contributed by atoms with van der Waals surface area (Å²) in [6, 6.07) is 19.3. The number of benzene rings is 2. The SMILES string of the molecule is CC(=O)NCCC[C@@]1(c2ccccc2)CC1(NS(=O)(=O)c1ccc(-c2ccc(Cl)cc2)s1)C(=O)O. The van der Waals surface area contributed by atoms with Crippen LogP contribution >= 0.6 is 22.9 Å². The van der Waals surface area contributed by atoms with Crippen molar-refractivity contribution >= 4 is 44.8 Å². The second-order valence-corrected chi connectivity index (χ2v) is 12.1. The average molecular weight is 533 g/mol. The molecule has 3 aromatic rings. The quantitative estimate of drug-likeness (QED) is 0.334. The molecule has 0 spiro atoms. The number of aliphatic carboxylic acids is 1. The number of carboxylic acids is 1. The van der Waals surface area contributed by atoms with Gasteiger partial charge in [-0.15, -0.1) is 11.3 Å². The maximum atomic E-state index is 13.4. The molecule has 35 heavy (non-hydrogen) atoms. The molecule has 3 N–H and O–H groups in total. The molecule has 1 fully saturated rings. The van der Waals surface area contributed by atoms with Crippen molar-refractivity contribution in [3.05, 3.63) is 77.3 Å². The van der Waals surface area contributed by atoms with Gasteiger partial charge in [0, 0.05) is 28.8 Å². The minimum Gasteiger partial charge on any atom is -0.480 e. The molecular weight excluding hydrogens is 508 g/mol. The fraction of sp³-hybridized carbons (Fsp3) is 0.280. The summed E-state index contributed by atoms with van der Waals surface area (Å²) in [6.07, 6.45) is 1.02. The summed E-state index contributed by atoms with van der Waals surface area (Å²) < 4.78 is 29.4. The van der Waals surface area contributed by atoms with Crippen LogP contribution in [-0.4, -0.2) is 37.5 Å². The molecule has 2 aromatic carbocycles. The van der Waals surface area contributed by atoms with Crippen molar-refractivity contribution in [1.29, 1.82) is 0 Å². The van der Waals surface area contributed by atoms with Gasteiger partial charge in [-0.3, -0.25) is 9.59 Å². The fourth-order valence-corrected chi connectivity index (χ4v) is 7.45. The first-order valence-corrected chi connectivity index (χ1v) is 13.7. The van der Waals surface area contributed by atoms with Crippen molar-refractivity contribution in [3.8, 4) is 10.4 Å². The number of carbonyl (C=O) groups is 2. The van der Waals surface area contributed by atoms with Gasteiger partial charge in [0.1, 0.15) is 9.75 Å². The lowest BCUT2D eigenvalue weighted by Crippen LogP contribution is -2.48. The maximum Gasteiger partial charge on any atom is 0.325 e. The highest BCUT2D eigenvalue weighted by Crippen LogP contribution is 2.61. The molecule has 4 rings (SSSR count). The van der Waals surface area contributed by atoms with Crippen molar-refractivity contribution in [1.82, 2.24) is 10.0 Å². The van der Waals surface area contributed by atoms with Gasteiger partial charge in [-0.2, -0.15) is 4.72 Å². The zero-order valence-electron chi connectivity index (χ0n) is 19.0. The van der Waals surface area contributed by atoms with Crippen LogP contribution in [0, 0.1) is 0 Å². The summed E-state index contributed by atoms with van der Waals surface area (Å²) in [5, 5.41) is 13.6. The average Bonchev–Trinajstić information content (AvgIpc) is 3.19. The number of hydrogen-bond donors (Lipinski definition) is 3. The third-order valence-corrected chi connectivity index (χ3v) is 9.76. The predicted molar refractivity (Wildman–Crippen MR) is 136 cm³/mol. The van der Waals surface area contributed by atoms with Gasteiger partial charge in [-0.1, -0.05) is 54.1 Å². The molecule has 1 saturated carbocycles. The normalized spacial score (nSPS) is 21.4. The molecule has 1 aliphatic rings. The Balaban J connectivity index is 1.63. The standard InChI is InChI=1S/C25H25ClN2O5S2/c1-17(29)27-15-5-14-24(19-6-3-2-4-7-19)16-25(24,23(30)31)28-35(32,33)22-13-12-21(34-22)18-8-10-20(26)11-9-18/h2-4,6-13,28H,5,14-16H2,1H3,(H,27,29)(H,30,31)/t24-,25?/m0/s1. The third kappa shape index (κ3) is 4.99. The van der Waals surface area contributed by atoms with E-state index in [2.05, 4.69) is 10.0 Å². The topological polar surface area (TPSA) is 113 Å². The Bertz CT molecular complexity index is 1340. The van der Waals surface area contributed by atoms with Crippen LogP contribution < -0.4 is 10.0 Å². The van der Waals surface area contributed by atoms with Gasteiger partial charge in [0.05, 0.1) is 0 Å². The number of carboxylic acid groups (broad SMARTS) is 1. The lowest BCUT2D eigenvalue weighted by Gasteiger charge is -2.24. The second kappa shape index (κ2) is 9.73. The summed E-state index contributed by atoms with van der Waals surface area (Å²) in [7, 11) is -4.13. The van der Waals surface area contributed by atoms with E-state index in [1.165, 1.54) is 13.0 Å². The van der Waals surface area contributed by atoms with Crippen molar-refractivity contribution in [2.45, 2.75) is 41.3 Å². The number of halogens is 1. The Hall–Kier alpha value is -2.72. The van der Waals surface area contributed by atoms with Crippen molar-refractivity contribution in [2.24, 2.45) is 0 Å². The maximum absolute atomic E-state index is 13.4. The van der Waals surface area contributed by atoms with Gasteiger partial charge in [-0.25, -0.2) is 8.42 Å². The number of nitrogens with one attached hydrogen (secondary N) is 2. The summed E-state index contributed by atoms with van der Waals surface area (Å²) in [6.45, 7) is 1.79. The molecule has 1 amide bonds. The van der Waals surface area contributed by atoms with Crippen LogP contribution in [0.4, 0.5) is 0 Å². The van der Waals surface area contributed by atoms with Gasteiger partial charge in [0.15, 0.2) is 0 Å². The highest BCUT2D eigenvalue weighted by molar-refractivity contribution is 7.91. The van der Waals surface area contributed by atoms with E-state index in [0.29, 0.717) is 24.4 Å². The lowest BCUT2D eigenvalue weighted by molar-refractivity contribution is -0.140. The molecule has 10 heteroatoms. The van der Waals surface area contributed by atoms with E-state index < -0.39 is 26.9 Å². The van der Waals surface area contributed by atoms with Crippen molar-refractivity contribution in [3.63, 3.8) is 0 Å². The molecule has 1 heterocycles. The number of rotatable bonds is 10. The van der Waals surface area contributed by atoms with Crippen LogP contribution in [0.25, 0.3) is 10.4 Å². The molecular formula is C25H25ClN2O5S2. The van der Waals surface area contributed by atoms with Crippen LogP contribution in [0.5, 0.6) is 0 Å². The molecule has 0 bridgehead atoms. The Kier molecular flexibility index (Phi) is 7.06. The van der Waals surface area contributed by atoms with Crippen LogP contribution in [0.1, 0.15) is 31.7 Å². The highest BCUT2D eigenvalue weighted by Gasteiger charge is 2.74. The van der Waals surface area contributed by atoms with E-state index in [0.717, 1.165) is 27.3 Å². The largest absolute Gasteiger partial charge is 0.480 e. The number of amides is 1.